The second kappa shape index (κ2) is 9.41. The molecule has 5 nitrogen and oxygen atoms in total. The zero-order chi connectivity index (χ0) is 25.5. The van der Waals surface area contributed by atoms with Gasteiger partial charge in [0.15, 0.2) is 0 Å². The molecule has 6 heteroatoms. The molecule has 37 heavy (non-hydrogen) atoms. The van der Waals surface area contributed by atoms with Gasteiger partial charge in [0.1, 0.15) is 17.5 Å². The van der Waals surface area contributed by atoms with E-state index in [0.717, 1.165) is 45.7 Å². The van der Waals surface area contributed by atoms with Gasteiger partial charge >= 0.3 is 0 Å². The highest BCUT2D eigenvalue weighted by atomic mass is 35.5. The van der Waals surface area contributed by atoms with Crippen molar-refractivity contribution in [1.29, 1.82) is 0 Å². The minimum atomic E-state index is -0.654. The van der Waals surface area contributed by atoms with Crippen molar-refractivity contribution in [3.8, 4) is 22.6 Å². The Morgan fingerprint density at radius 1 is 0.973 bits per heavy atom. The lowest BCUT2D eigenvalue weighted by Crippen LogP contribution is -2.36. The number of carbonyl (C=O) groups excluding carboxylic acids is 1. The molecule has 1 atom stereocenters. The molecule has 2 heterocycles. The number of anilines is 1. The first-order chi connectivity index (χ1) is 18.0. The number of nitrogens with zero attached hydrogens (tertiary/aromatic N) is 2. The number of halogens is 1. The predicted octanol–water partition coefficient (Wildman–Crippen LogP) is 6.07. The van der Waals surface area contributed by atoms with E-state index in [1.807, 2.05) is 36.4 Å². The Bertz CT molecular complexity index is 1540. The molecule has 0 spiro atoms. The molecule has 1 N–H and O–H groups in total. The molecule has 1 unspecified atom stereocenters. The van der Waals surface area contributed by atoms with Crippen LogP contribution in [0, 0.1) is 0 Å². The number of amides is 1. The fourth-order valence-electron chi connectivity index (χ4n) is 5.19. The Kier molecular flexibility index (Phi) is 5.93. The Hall–Kier alpha value is -4.09. The van der Waals surface area contributed by atoms with E-state index in [4.69, 9.17) is 21.3 Å². The van der Waals surface area contributed by atoms with Gasteiger partial charge in [-0.05, 0) is 59.2 Å². The van der Waals surface area contributed by atoms with Gasteiger partial charge in [0.05, 0.1) is 18.0 Å². The highest BCUT2D eigenvalue weighted by Gasteiger charge is 2.31. The third-order valence-electron chi connectivity index (χ3n) is 7.05. The first-order valence-electron chi connectivity index (χ1n) is 12.3. The lowest BCUT2D eigenvalue weighted by molar-refractivity contribution is -0.119. The van der Waals surface area contributed by atoms with Crippen LogP contribution in [0.15, 0.2) is 89.9 Å². The van der Waals surface area contributed by atoms with Crippen LogP contribution in [-0.2, 0) is 17.6 Å². The summed E-state index contributed by atoms with van der Waals surface area (Å²) >= 11 is 6.38. The summed E-state index contributed by atoms with van der Waals surface area (Å²) in [5.74, 6) is 0.997. The topological polar surface area (TPSA) is 62.1 Å². The van der Waals surface area contributed by atoms with Gasteiger partial charge in [-0.25, -0.2) is 0 Å². The van der Waals surface area contributed by atoms with Crippen molar-refractivity contribution in [2.75, 3.05) is 18.6 Å². The molecule has 0 radical (unpaired) electrons. The van der Waals surface area contributed by atoms with E-state index in [9.17, 15) is 9.90 Å². The number of hydrogen-bond acceptors (Lipinski definition) is 4. The highest BCUT2D eigenvalue weighted by molar-refractivity contribution is 6.32. The molecule has 0 saturated heterocycles. The number of benzene rings is 4. The van der Waals surface area contributed by atoms with Gasteiger partial charge in [-0.3, -0.25) is 9.79 Å². The van der Waals surface area contributed by atoms with Gasteiger partial charge < -0.3 is 14.7 Å². The minimum absolute atomic E-state index is 0.0957. The quantitative estimate of drug-likeness (QED) is 0.364. The van der Waals surface area contributed by atoms with Crippen molar-refractivity contribution in [3.05, 3.63) is 112 Å². The first kappa shape index (κ1) is 23.3. The van der Waals surface area contributed by atoms with Gasteiger partial charge in [0.2, 0.25) is 0 Å². The van der Waals surface area contributed by atoms with Crippen LogP contribution >= 0.6 is 11.6 Å². The van der Waals surface area contributed by atoms with E-state index in [0.29, 0.717) is 23.8 Å². The summed E-state index contributed by atoms with van der Waals surface area (Å²) in [5, 5.41) is 10.4. The Labute approximate surface area is 220 Å². The summed E-state index contributed by atoms with van der Waals surface area (Å²) in [7, 11) is 1.78. The van der Waals surface area contributed by atoms with Crippen LogP contribution in [0.2, 0.25) is 5.02 Å². The van der Waals surface area contributed by atoms with Crippen LogP contribution in [0.25, 0.3) is 11.1 Å². The predicted molar refractivity (Wildman–Crippen MR) is 147 cm³/mol. The summed E-state index contributed by atoms with van der Waals surface area (Å²) in [6.45, 7) is 0.682. The van der Waals surface area contributed by atoms with Crippen molar-refractivity contribution < 1.29 is 14.6 Å². The van der Waals surface area contributed by atoms with Crippen molar-refractivity contribution in [1.82, 2.24) is 0 Å². The number of phenolic OH excluding ortho intramolecular Hbond substituents is 1. The molecule has 4 aromatic rings. The molecular weight excluding hydrogens is 484 g/mol. The van der Waals surface area contributed by atoms with Crippen LogP contribution in [0.3, 0.4) is 0 Å². The summed E-state index contributed by atoms with van der Waals surface area (Å²) in [6, 6.07) is 26.1. The maximum atomic E-state index is 13.8. The summed E-state index contributed by atoms with van der Waals surface area (Å²) in [6.07, 6.45) is 1.32. The fourth-order valence-corrected chi connectivity index (χ4v) is 5.36. The van der Waals surface area contributed by atoms with Gasteiger partial charge in [0.25, 0.3) is 5.91 Å². The second-order valence-corrected chi connectivity index (χ2v) is 9.79. The molecule has 2 aliphatic rings. The number of benzodiazepines with no additional fused rings is 1. The average Bonchev–Trinajstić information content (AvgIpc) is 3.37. The number of hydrogen-bond donors (Lipinski definition) is 1. The molecule has 0 aliphatic carbocycles. The van der Waals surface area contributed by atoms with Crippen LogP contribution in [0.5, 0.6) is 11.5 Å². The number of aliphatic imine (C=N–C) groups is 1. The van der Waals surface area contributed by atoms with E-state index in [-0.39, 0.29) is 11.7 Å². The van der Waals surface area contributed by atoms with E-state index < -0.39 is 6.04 Å². The van der Waals surface area contributed by atoms with Crippen molar-refractivity contribution in [3.63, 3.8) is 0 Å². The molecule has 4 aromatic carbocycles. The normalized spacial score (nSPS) is 16.5. The van der Waals surface area contributed by atoms with Crippen molar-refractivity contribution in [2.45, 2.75) is 18.9 Å². The van der Waals surface area contributed by atoms with E-state index >= 15 is 0 Å². The standard InChI is InChI=1S/C31H25ClN2O3/c1-34-28-14-11-22(32)18-26(28)29(19-9-12-23(35)13-10-19)33-27(31(34)36)17-21-5-2-3-7-24(21)25-8-4-6-20-15-16-37-30(20)25/h2-14,18,27,35H,15-17H2,1H3. The molecule has 0 saturated carbocycles. The zero-order valence-electron chi connectivity index (χ0n) is 20.3. The van der Waals surface area contributed by atoms with Gasteiger partial charge in [-0.2, -0.15) is 0 Å². The molecule has 6 rings (SSSR count). The second-order valence-electron chi connectivity index (χ2n) is 9.35. The number of phenols is 1. The van der Waals surface area contributed by atoms with Crippen molar-refractivity contribution in [2.24, 2.45) is 4.99 Å². The summed E-state index contributed by atoms with van der Waals surface area (Å²) in [4.78, 5) is 20.5. The first-order valence-corrected chi connectivity index (χ1v) is 12.6. The molecule has 0 bridgehead atoms. The number of para-hydroxylation sites is 1. The molecule has 0 aromatic heterocycles. The van der Waals surface area contributed by atoms with E-state index in [1.165, 1.54) is 5.56 Å². The maximum Gasteiger partial charge on any atom is 0.251 e. The smallest absolute Gasteiger partial charge is 0.251 e. The number of ether oxygens (including phenoxy) is 1. The Morgan fingerprint density at radius 3 is 2.59 bits per heavy atom. The molecule has 2 aliphatic heterocycles. The third-order valence-corrected chi connectivity index (χ3v) is 7.29. The summed E-state index contributed by atoms with van der Waals surface area (Å²) < 4.78 is 5.99. The monoisotopic (exact) mass is 508 g/mol. The molecule has 1 amide bonds. The summed E-state index contributed by atoms with van der Waals surface area (Å²) in [5.41, 5.74) is 7.30. The van der Waals surface area contributed by atoms with Crippen LogP contribution < -0.4 is 9.64 Å². The van der Waals surface area contributed by atoms with Crippen LogP contribution in [0.1, 0.15) is 22.3 Å². The Balaban J connectivity index is 1.47. The average molecular weight is 509 g/mol. The largest absolute Gasteiger partial charge is 0.508 e. The van der Waals surface area contributed by atoms with E-state index in [1.54, 1.807) is 30.1 Å². The third kappa shape index (κ3) is 4.25. The maximum absolute atomic E-state index is 13.8. The molecule has 184 valence electrons. The lowest BCUT2D eigenvalue weighted by Gasteiger charge is -2.21. The minimum Gasteiger partial charge on any atom is -0.508 e. The van der Waals surface area contributed by atoms with Crippen LogP contribution in [0.4, 0.5) is 5.69 Å². The number of fused-ring (bicyclic) bond motifs is 2. The van der Waals surface area contributed by atoms with Gasteiger partial charge in [-0.15, -0.1) is 0 Å². The van der Waals surface area contributed by atoms with Crippen LogP contribution in [-0.4, -0.2) is 36.4 Å². The molecule has 0 fully saturated rings. The molecular formula is C31H25ClN2O3. The zero-order valence-corrected chi connectivity index (χ0v) is 21.1. The highest BCUT2D eigenvalue weighted by Crippen LogP contribution is 2.39. The lowest BCUT2D eigenvalue weighted by atomic mass is 9.93. The Morgan fingerprint density at radius 2 is 1.76 bits per heavy atom. The number of carbonyl (C=O) groups is 1. The number of likely N-dealkylation sites (N-methyl/N-ethyl adjacent to an activating group) is 1. The van der Waals surface area contributed by atoms with Gasteiger partial charge in [0, 0.05) is 41.6 Å². The number of aromatic hydroxyl groups is 1. The van der Waals surface area contributed by atoms with E-state index in [2.05, 4.69) is 30.3 Å². The number of rotatable bonds is 4. The fraction of sp³-hybridized carbons (Fsp3) is 0.161. The van der Waals surface area contributed by atoms with Gasteiger partial charge in [-0.1, -0.05) is 54.1 Å². The van der Waals surface area contributed by atoms with Crippen molar-refractivity contribution >= 4 is 28.9 Å². The SMILES string of the molecule is CN1C(=O)C(Cc2ccccc2-c2cccc3c2OCC3)N=C(c2ccc(O)cc2)c2cc(Cl)ccc21.